The molecule has 0 unspecified atom stereocenters. The Balaban J connectivity index is 2.67. The van der Waals surface area contributed by atoms with Crippen molar-refractivity contribution in [3.63, 3.8) is 0 Å². The number of hydrogen-bond acceptors (Lipinski definition) is 3. The average Bonchev–Trinajstić information content (AvgIpc) is 2.27. The molecule has 4 heteroatoms. The molecule has 0 saturated heterocycles. The van der Waals surface area contributed by atoms with E-state index in [0.29, 0.717) is 0 Å². The van der Waals surface area contributed by atoms with Crippen molar-refractivity contribution in [2.75, 3.05) is 34.4 Å². The molecule has 0 spiro atoms. The van der Waals surface area contributed by atoms with Crippen LogP contribution >= 0.6 is 11.6 Å². The van der Waals surface area contributed by atoms with E-state index in [1.54, 1.807) is 14.2 Å². The molecule has 0 bridgehead atoms. The Labute approximate surface area is 102 Å². The number of rotatable bonds is 6. The Morgan fingerprint density at radius 2 is 2.06 bits per heavy atom. The Morgan fingerprint density at radius 1 is 1.31 bits per heavy atom. The van der Waals surface area contributed by atoms with Gasteiger partial charge in [0.2, 0.25) is 0 Å². The van der Waals surface area contributed by atoms with Crippen LogP contribution in [0.3, 0.4) is 0 Å². The molecule has 1 rings (SSSR count). The molecule has 0 amide bonds. The Morgan fingerprint density at radius 3 is 2.69 bits per heavy atom. The predicted molar refractivity (Wildman–Crippen MR) is 66.2 cm³/mol. The van der Waals surface area contributed by atoms with E-state index in [9.17, 15) is 0 Å². The maximum Gasteiger partial charge on any atom is 0.123 e. The third-order valence-electron chi connectivity index (χ3n) is 2.36. The van der Waals surface area contributed by atoms with Gasteiger partial charge in [0.05, 0.1) is 13.7 Å². The van der Waals surface area contributed by atoms with Crippen molar-refractivity contribution in [2.24, 2.45) is 0 Å². The summed E-state index contributed by atoms with van der Waals surface area (Å²) in [6.45, 7) is 2.40. The molecule has 16 heavy (non-hydrogen) atoms. The van der Waals surface area contributed by atoms with E-state index in [0.717, 1.165) is 36.0 Å². The zero-order valence-electron chi connectivity index (χ0n) is 10.00. The van der Waals surface area contributed by atoms with Crippen LogP contribution < -0.4 is 4.74 Å². The van der Waals surface area contributed by atoms with Gasteiger partial charge in [-0.05, 0) is 25.2 Å². The molecule has 90 valence electrons. The van der Waals surface area contributed by atoms with E-state index in [2.05, 4.69) is 4.90 Å². The van der Waals surface area contributed by atoms with Gasteiger partial charge in [-0.1, -0.05) is 11.6 Å². The standard InChI is InChI=1S/C12H18ClNO2/c1-14(6-7-15-2)9-10-8-11(13)4-5-12(10)16-3/h4-5,8H,6-7,9H2,1-3H3. The van der Waals surface area contributed by atoms with Gasteiger partial charge in [-0.3, -0.25) is 4.90 Å². The number of nitrogens with zero attached hydrogens (tertiary/aromatic N) is 1. The molecule has 1 aromatic rings. The van der Waals surface area contributed by atoms with Crippen LogP contribution in [0.25, 0.3) is 0 Å². The lowest BCUT2D eigenvalue weighted by atomic mass is 10.2. The second-order valence-electron chi connectivity index (χ2n) is 3.69. The lowest BCUT2D eigenvalue weighted by molar-refractivity contribution is 0.158. The van der Waals surface area contributed by atoms with Gasteiger partial charge in [0.25, 0.3) is 0 Å². The van der Waals surface area contributed by atoms with Crippen LogP contribution in [0.1, 0.15) is 5.56 Å². The van der Waals surface area contributed by atoms with Crippen molar-refractivity contribution in [3.05, 3.63) is 28.8 Å². The highest BCUT2D eigenvalue weighted by Crippen LogP contribution is 2.23. The minimum Gasteiger partial charge on any atom is -0.496 e. The second kappa shape index (κ2) is 6.74. The predicted octanol–water partition coefficient (Wildman–Crippen LogP) is 2.43. The third-order valence-corrected chi connectivity index (χ3v) is 2.59. The summed E-state index contributed by atoms with van der Waals surface area (Å²) in [5.74, 6) is 0.869. The van der Waals surface area contributed by atoms with Crippen molar-refractivity contribution in [2.45, 2.75) is 6.54 Å². The SMILES string of the molecule is COCCN(C)Cc1cc(Cl)ccc1OC. The van der Waals surface area contributed by atoms with E-state index in [-0.39, 0.29) is 0 Å². The molecule has 0 saturated carbocycles. The summed E-state index contributed by atoms with van der Waals surface area (Å²) in [6.07, 6.45) is 0. The van der Waals surface area contributed by atoms with Gasteiger partial charge in [-0.15, -0.1) is 0 Å². The smallest absolute Gasteiger partial charge is 0.123 e. The molecule has 0 fully saturated rings. The van der Waals surface area contributed by atoms with Crippen molar-refractivity contribution >= 4 is 11.6 Å². The minimum atomic E-state index is 0.722. The summed E-state index contributed by atoms with van der Waals surface area (Å²) in [5, 5.41) is 0.732. The first-order valence-corrected chi connectivity index (χ1v) is 5.55. The van der Waals surface area contributed by atoms with Gasteiger partial charge in [0.15, 0.2) is 0 Å². The van der Waals surface area contributed by atoms with Crippen molar-refractivity contribution < 1.29 is 9.47 Å². The Bertz CT molecular complexity index is 331. The van der Waals surface area contributed by atoms with Crippen LogP contribution in [0.4, 0.5) is 0 Å². The Hall–Kier alpha value is -0.770. The maximum atomic E-state index is 5.96. The summed E-state index contributed by atoms with van der Waals surface area (Å²) in [6, 6.07) is 5.66. The molecule has 0 aromatic heterocycles. The van der Waals surface area contributed by atoms with Crippen LogP contribution in [-0.4, -0.2) is 39.3 Å². The third kappa shape index (κ3) is 4.00. The van der Waals surface area contributed by atoms with Crippen molar-refractivity contribution in [1.82, 2.24) is 4.90 Å². The zero-order valence-corrected chi connectivity index (χ0v) is 10.8. The fraction of sp³-hybridized carbons (Fsp3) is 0.500. The average molecular weight is 244 g/mol. The Kier molecular flexibility index (Phi) is 5.60. The fourth-order valence-corrected chi connectivity index (χ4v) is 1.68. The van der Waals surface area contributed by atoms with E-state index in [1.165, 1.54) is 0 Å². The molecule has 0 aliphatic heterocycles. The molecule has 0 atom stereocenters. The second-order valence-corrected chi connectivity index (χ2v) is 4.12. The zero-order chi connectivity index (χ0) is 12.0. The van der Waals surface area contributed by atoms with Crippen molar-refractivity contribution in [1.29, 1.82) is 0 Å². The van der Waals surface area contributed by atoms with Gasteiger partial charge in [-0.25, -0.2) is 0 Å². The quantitative estimate of drug-likeness (QED) is 0.766. The van der Waals surface area contributed by atoms with Gasteiger partial charge in [0, 0.05) is 30.8 Å². The van der Waals surface area contributed by atoms with Crippen LogP contribution in [0.5, 0.6) is 5.75 Å². The van der Waals surface area contributed by atoms with Crippen LogP contribution in [0.2, 0.25) is 5.02 Å². The maximum absolute atomic E-state index is 5.96. The van der Waals surface area contributed by atoms with E-state index in [1.807, 2.05) is 25.2 Å². The summed E-state index contributed by atoms with van der Waals surface area (Å²) < 4.78 is 10.3. The largest absolute Gasteiger partial charge is 0.496 e. The van der Waals surface area contributed by atoms with Gasteiger partial charge in [-0.2, -0.15) is 0 Å². The molecule has 0 radical (unpaired) electrons. The molecule has 0 aliphatic rings. The molecule has 0 aliphatic carbocycles. The first-order chi connectivity index (χ1) is 7.67. The topological polar surface area (TPSA) is 21.7 Å². The highest BCUT2D eigenvalue weighted by Gasteiger charge is 2.06. The van der Waals surface area contributed by atoms with Gasteiger partial charge >= 0.3 is 0 Å². The van der Waals surface area contributed by atoms with Crippen LogP contribution in [0, 0.1) is 0 Å². The fourth-order valence-electron chi connectivity index (χ4n) is 1.49. The molecule has 3 nitrogen and oxygen atoms in total. The van der Waals surface area contributed by atoms with Crippen LogP contribution in [-0.2, 0) is 11.3 Å². The lowest BCUT2D eigenvalue weighted by Crippen LogP contribution is -2.22. The summed E-state index contributed by atoms with van der Waals surface area (Å²) >= 11 is 5.96. The molecular formula is C12H18ClNO2. The lowest BCUT2D eigenvalue weighted by Gasteiger charge is -2.18. The minimum absolute atomic E-state index is 0.722. The number of methoxy groups -OCH3 is 2. The number of ether oxygens (including phenoxy) is 2. The monoisotopic (exact) mass is 243 g/mol. The molecule has 0 heterocycles. The summed E-state index contributed by atoms with van der Waals surface area (Å²) in [5.41, 5.74) is 1.09. The number of hydrogen-bond donors (Lipinski definition) is 0. The van der Waals surface area contributed by atoms with Gasteiger partial charge < -0.3 is 9.47 Å². The van der Waals surface area contributed by atoms with E-state index >= 15 is 0 Å². The highest BCUT2D eigenvalue weighted by atomic mass is 35.5. The number of halogens is 1. The molecular weight excluding hydrogens is 226 g/mol. The van der Waals surface area contributed by atoms with Crippen molar-refractivity contribution in [3.8, 4) is 5.75 Å². The van der Waals surface area contributed by atoms with Crippen LogP contribution in [0.15, 0.2) is 18.2 Å². The number of likely N-dealkylation sites (N-methyl/N-ethyl adjacent to an activating group) is 1. The van der Waals surface area contributed by atoms with E-state index in [4.69, 9.17) is 21.1 Å². The molecule has 0 N–H and O–H groups in total. The number of benzene rings is 1. The van der Waals surface area contributed by atoms with Gasteiger partial charge in [0.1, 0.15) is 5.75 Å². The normalized spacial score (nSPS) is 10.8. The highest BCUT2D eigenvalue weighted by molar-refractivity contribution is 6.30. The summed E-state index contributed by atoms with van der Waals surface area (Å²) in [7, 11) is 5.41. The first-order valence-electron chi connectivity index (χ1n) is 5.17. The molecule has 1 aromatic carbocycles. The summed E-state index contributed by atoms with van der Waals surface area (Å²) in [4.78, 5) is 2.16. The first kappa shape index (κ1) is 13.3. The van der Waals surface area contributed by atoms with E-state index < -0.39 is 0 Å².